The average Bonchev–Trinajstić information content (AvgIpc) is 3.54. The van der Waals surface area contributed by atoms with Crippen molar-refractivity contribution >= 4 is 57.5 Å². The highest BCUT2D eigenvalue weighted by Crippen LogP contribution is 2.36. The van der Waals surface area contributed by atoms with Crippen molar-refractivity contribution < 1.29 is 19.0 Å². The molecule has 5 aromatic rings. The maximum atomic E-state index is 14.3. The van der Waals surface area contributed by atoms with Gasteiger partial charge in [0, 0.05) is 39.3 Å². The maximum absolute atomic E-state index is 14.3. The molecule has 11 heteroatoms. The smallest absolute Gasteiger partial charge is 0.338 e. The molecule has 1 atom stereocenters. The van der Waals surface area contributed by atoms with Crippen LogP contribution in [0.2, 0.25) is 10.0 Å². The zero-order valence-corrected chi connectivity index (χ0v) is 28.9. The van der Waals surface area contributed by atoms with Crippen molar-refractivity contribution in [1.29, 1.82) is 0 Å². The van der Waals surface area contributed by atoms with E-state index in [0.717, 1.165) is 22.0 Å². The molecule has 3 heterocycles. The fraction of sp³-hybridized carbons (Fsp3) is 0.250. The Hall–Kier alpha value is -4.31. The second-order valence-electron chi connectivity index (χ2n) is 11.3. The van der Waals surface area contributed by atoms with Crippen LogP contribution in [-0.2, 0) is 16.1 Å². The third-order valence-electron chi connectivity index (χ3n) is 7.84. The van der Waals surface area contributed by atoms with Crippen LogP contribution in [0.3, 0.4) is 0 Å². The zero-order valence-electron chi connectivity index (χ0n) is 26.5. The summed E-state index contributed by atoms with van der Waals surface area (Å²) in [5, 5.41) is 2.14. The Balaban J connectivity index is 1.51. The predicted molar refractivity (Wildman–Crippen MR) is 187 cm³/mol. The van der Waals surface area contributed by atoms with Gasteiger partial charge in [0.25, 0.3) is 5.56 Å². The van der Waals surface area contributed by atoms with Crippen LogP contribution in [0.25, 0.3) is 17.0 Å². The molecule has 1 aliphatic heterocycles. The van der Waals surface area contributed by atoms with Gasteiger partial charge in [-0.15, -0.1) is 0 Å². The molecule has 2 aromatic heterocycles. The molecule has 6 rings (SSSR count). The Labute approximate surface area is 285 Å². The number of fused-ring (bicyclic) bond motifs is 2. The van der Waals surface area contributed by atoms with Crippen LogP contribution in [0.15, 0.2) is 87.9 Å². The van der Waals surface area contributed by atoms with Gasteiger partial charge in [-0.25, -0.2) is 9.79 Å². The minimum atomic E-state index is -0.789. The van der Waals surface area contributed by atoms with Crippen LogP contribution in [-0.4, -0.2) is 34.9 Å². The predicted octanol–water partition coefficient (Wildman–Crippen LogP) is 6.90. The molecule has 1 aliphatic rings. The Morgan fingerprint density at radius 2 is 1.87 bits per heavy atom. The first-order chi connectivity index (χ1) is 22.6. The molecule has 0 radical (unpaired) electrons. The highest BCUT2D eigenvalue weighted by Gasteiger charge is 2.34. The summed E-state index contributed by atoms with van der Waals surface area (Å²) in [5.74, 6) is 0.525. The molecule has 3 aromatic carbocycles. The number of thiazole rings is 1. The van der Waals surface area contributed by atoms with E-state index < -0.39 is 12.0 Å². The number of carbonyl (C=O) groups is 1. The van der Waals surface area contributed by atoms with Crippen LogP contribution >= 0.6 is 34.5 Å². The van der Waals surface area contributed by atoms with Crippen LogP contribution < -0.4 is 24.4 Å². The van der Waals surface area contributed by atoms with Gasteiger partial charge in [-0.05, 0) is 75.2 Å². The highest BCUT2D eigenvalue weighted by atomic mass is 35.5. The second kappa shape index (κ2) is 13.4. The molecule has 8 nitrogen and oxygen atoms in total. The molecule has 0 spiro atoms. The van der Waals surface area contributed by atoms with Crippen LogP contribution in [0, 0.1) is 0 Å². The van der Waals surface area contributed by atoms with Gasteiger partial charge in [0.15, 0.2) is 16.3 Å². The number of halogens is 2. The number of benzene rings is 3. The fourth-order valence-electron chi connectivity index (χ4n) is 5.81. The quantitative estimate of drug-likeness (QED) is 0.157. The van der Waals surface area contributed by atoms with Gasteiger partial charge < -0.3 is 18.8 Å². The van der Waals surface area contributed by atoms with E-state index in [4.69, 9.17) is 42.4 Å². The molecule has 0 unspecified atom stereocenters. The van der Waals surface area contributed by atoms with E-state index >= 15 is 0 Å². The lowest BCUT2D eigenvalue weighted by atomic mass is 9.95. The van der Waals surface area contributed by atoms with Crippen LogP contribution in [0.5, 0.6) is 11.5 Å². The molecule has 0 amide bonds. The van der Waals surface area contributed by atoms with Gasteiger partial charge in [0.05, 0.1) is 41.7 Å². The lowest BCUT2D eigenvalue weighted by Crippen LogP contribution is -2.40. The fourth-order valence-corrected chi connectivity index (χ4v) is 7.31. The number of hydrogen-bond acceptors (Lipinski definition) is 7. The minimum Gasteiger partial charge on any atom is -0.493 e. The van der Waals surface area contributed by atoms with E-state index in [1.54, 1.807) is 43.7 Å². The van der Waals surface area contributed by atoms with E-state index in [9.17, 15) is 9.59 Å². The van der Waals surface area contributed by atoms with Crippen molar-refractivity contribution in [3.63, 3.8) is 0 Å². The molecule has 0 N–H and O–H groups in total. The first kappa shape index (κ1) is 32.6. The number of aromatic nitrogens is 2. The van der Waals surface area contributed by atoms with Gasteiger partial charge in [-0.3, -0.25) is 9.36 Å². The molecule has 242 valence electrons. The molecule has 0 aliphatic carbocycles. The number of hydrogen-bond donors (Lipinski definition) is 0. The Kier molecular flexibility index (Phi) is 9.32. The molecule has 0 saturated carbocycles. The summed E-state index contributed by atoms with van der Waals surface area (Å²) in [6, 6.07) is 18.1. The van der Waals surface area contributed by atoms with Crippen molar-refractivity contribution in [3.8, 4) is 11.5 Å². The number of rotatable bonds is 9. The van der Waals surface area contributed by atoms with Crippen molar-refractivity contribution in [2.24, 2.45) is 4.99 Å². The standard InChI is InChI=1S/C36H33Cl2N3O5S/c1-6-45-35(43)32-21(4)39-36-41(33(32)22-12-14-29(46-20(2)3)30(15-22)44-5)34(42)31(47-36)16-24-19-40(28-10-8-7-9-26(24)28)18-23-11-13-25(37)17-27(23)38/h7-17,19-20,33H,6,18H2,1-5H3/b31-16+/t33-/m1/s1. The maximum Gasteiger partial charge on any atom is 0.338 e. The number of methoxy groups -OCH3 is 1. The lowest BCUT2D eigenvalue weighted by molar-refractivity contribution is -0.139. The molecule has 0 bridgehead atoms. The van der Waals surface area contributed by atoms with Gasteiger partial charge in [-0.1, -0.05) is 64.9 Å². The average molecular weight is 691 g/mol. The second-order valence-corrected chi connectivity index (χ2v) is 13.2. The van der Waals surface area contributed by atoms with E-state index in [-0.39, 0.29) is 18.3 Å². The van der Waals surface area contributed by atoms with Gasteiger partial charge >= 0.3 is 5.97 Å². The van der Waals surface area contributed by atoms with Crippen molar-refractivity contribution in [1.82, 2.24) is 9.13 Å². The third-order valence-corrected chi connectivity index (χ3v) is 9.41. The monoisotopic (exact) mass is 689 g/mol. The lowest BCUT2D eigenvalue weighted by Gasteiger charge is -2.25. The third kappa shape index (κ3) is 6.35. The van der Waals surface area contributed by atoms with E-state index in [1.807, 2.05) is 68.6 Å². The number of allylic oxidation sites excluding steroid dienone is 1. The number of ether oxygens (including phenoxy) is 3. The summed E-state index contributed by atoms with van der Waals surface area (Å²) in [7, 11) is 1.56. The van der Waals surface area contributed by atoms with Crippen LogP contribution in [0.4, 0.5) is 0 Å². The molecular weight excluding hydrogens is 657 g/mol. The summed E-state index contributed by atoms with van der Waals surface area (Å²) in [4.78, 5) is 32.9. The van der Waals surface area contributed by atoms with Gasteiger partial charge in [0.2, 0.25) is 0 Å². The Bertz CT molecular complexity index is 2230. The largest absolute Gasteiger partial charge is 0.493 e. The normalized spacial score (nSPS) is 14.8. The topological polar surface area (TPSA) is 84.1 Å². The number of nitrogens with zero attached hydrogens (tertiary/aromatic N) is 3. The Morgan fingerprint density at radius 1 is 1.09 bits per heavy atom. The summed E-state index contributed by atoms with van der Waals surface area (Å²) >= 11 is 13.9. The summed E-state index contributed by atoms with van der Waals surface area (Å²) in [5.41, 5.74) is 3.95. The molecular formula is C36H33Cl2N3O5S. The van der Waals surface area contributed by atoms with Gasteiger partial charge in [-0.2, -0.15) is 0 Å². The van der Waals surface area contributed by atoms with E-state index in [2.05, 4.69) is 4.57 Å². The Morgan fingerprint density at radius 3 is 2.60 bits per heavy atom. The summed E-state index contributed by atoms with van der Waals surface area (Å²) in [6.07, 6.45) is 3.82. The number of carbonyl (C=O) groups excluding carboxylic acids is 1. The number of esters is 1. The summed E-state index contributed by atoms with van der Waals surface area (Å²) < 4.78 is 21.2. The summed E-state index contributed by atoms with van der Waals surface area (Å²) in [6.45, 7) is 8.07. The van der Waals surface area contributed by atoms with Crippen molar-refractivity contribution in [2.45, 2.75) is 46.4 Å². The molecule has 0 fully saturated rings. The van der Waals surface area contributed by atoms with Crippen LogP contribution in [0.1, 0.15) is 50.4 Å². The molecule has 0 saturated heterocycles. The highest BCUT2D eigenvalue weighted by molar-refractivity contribution is 7.07. The van der Waals surface area contributed by atoms with E-state index in [0.29, 0.717) is 54.3 Å². The number of para-hydroxylation sites is 1. The SMILES string of the molecule is CCOC(=O)C1=C(C)N=c2s/c(=C/c3cn(Cc4ccc(Cl)cc4Cl)c4ccccc34)c(=O)n2[C@@H]1c1ccc(OC(C)C)c(OC)c1. The first-order valence-corrected chi connectivity index (χ1v) is 16.7. The van der Waals surface area contributed by atoms with Crippen molar-refractivity contribution in [2.75, 3.05) is 13.7 Å². The first-order valence-electron chi connectivity index (χ1n) is 15.2. The van der Waals surface area contributed by atoms with Gasteiger partial charge in [0.1, 0.15) is 0 Å². The van der Waals surface area contributed by atoms with Crippen molar-refractivity contribution in [3.05, 3.63) is 125 Å². The zero-order chi connectivity index (χ0) is 33.4. The van der Waals surface area contributed by atoms with E-state index in [1.165, 1.54) is 11.3 Å². The minimum absolute atomic E-state index is 0.0706. The molecule has 47 heavy (non-hydrogen) atoms.